The summed E-state index contributed by atoms with van der Waals surface area (Å²) in [5, 5.41) is 2.74. The first-order valence-electron chi connectivity index (χ1n) is 15.9. The van der Waals surface area contributed by atoms with E-state index in [0.29, 0.717) is 43.4 Å². The van der Waals surface area contributed by atoms with Crippen LogP contribution in [0.1, 0.15) is 74.4 Å². The molecule has 4 aliphatic rings. The van der Waals surface area contributed by atoms with Crippen LogP contribution in [0.4, 0.5) is 10.5 Å². The number of ether oxygens (including phenoxy) is 2. The fraction of sp³-hybridized carbons (Fsp3) is 0.529. The second kappa shape index (κ2) is 12.2. The number of sulfonamides is 1. The van der Waals surface area contributed by atoms with Crippen molar-refractivity contribution in [3.63, 3.8) is 0 Å². The molecule has 1 saturated carbocycles. The molecule has 1 aliphatic carbocycles. The molecule has 1 saturated heterocycles. The van der Waals surface area contributed by atoms with Crippen LogP contribution in [0.3, 0.4) is 0 Å². The highest BCUT2D eigenvalue weighted by Crippen LogP contribution is 2.55. The molecule has 2 N–H and O–H groups in total. The normalized spacial score (nSPS) is 32.4. The third-order valence-electron chi connectivity index (χ3n) is 10.5. The van der Waals surface area contributed by atoms with Crippen molar-refractivity contribution in [3.8, 4) is 5.75 Å². The number of fused-ring (bicyclic) bond motifs is 4. The number of hydrogen-bond acceptors (Lipinski definition) is 7. The van der Waals surface area contributed by atoms with Crippen molar-refractivity contribution < 1.29 is 27.5 Å². The summed E-state index contributed by atoms with van der Waals surface area (Å²) in [6, 6.07) is 11.0. The summed E-state index contributed by atoms with van der Waals surface area (Å²) in [5.41, 5.74) is 2.17. The highest BCUT2D eigenvalue weighted by molar-refractivity contribution is 7.90. The molecule has 45 heavy (non-hydrogen) atoms. The van der Waals surface area contributed by atoms with Crippen LogP contribution in [0.25, 0.3) is 0 Å². The molecular weight excluding hydrogens is 614 g/mol. The van der Waals surface area contributed by atoms with Crippen molar-refractivity contribution in [1.29, 1.82) is 0 Å². The fourth-order valence-electron chi connectivity index (χ4n) is 7.41. The van der Waals surface area contributed by atoms with Gasteiger partial charge in [0.1, 0.15) is 12.4 Å². The average molecular weight is 656 g/mol. The van der Waals surface area contributed by atoms with E-state index in [1.54, 1.807) is 25.1 Å². The van der Waals surface area contributed by atoms with Gasteiger partial charge in [-0.3, -0.25) is 4.79 Å². The van der Waals surface area contributed by atoms with Gasteiger partial charge >= 0.3 is 6.09 Å². The van der Waals surface area contributed by atoms with E-state index in [1.807, 2.05) is 37.3 Å². The van der Waals surface area contributed by atoms with Gasteiger partial charge in [0.15, 0.2) is 5.60 Å². The SMILES string of the molecule is C[C@@H]1[C@@H](C)C/C=C/[C@@]2(CNC(=O)O2)[C@@H]2CCC2(C)CN2CCCCc3cc(Cl)ccc3COc3ccc(cc32)C(=O)NS1(=O)=O. The monoisotopic (exact) mass is 655 g/mol. The molecule has 3 aliphatic heterocycles. The molecule has 3 heterocycles. The molecule has 1 spiro atoms. The molecule has 0 aromatic heterocycles. The van der Waals surface area contributed by atoms with Crippen molar-refractivity contribution in [1.82, 2.24) is 10.0 Å². The van der Waals surface area contributed by atoms with Crippen molar-refractivity contribution in [2.75, 3.05) is 24.5 Å². The van der Waals surface area contributed by atoms with Crippen molar-refractivity contribution >= 4 is 39.3 Å². The maximum Gasteiger partial charge on any atom is 0.408 e. The zero-order valence-electron chi connectivity index (χ0n) is 26.1. The molecule has 1 unspecified atom stereocenters. The number of nitrogens with zero attached hydrogens (tertiary/aromatic N) is 1. The number of alkyl carbamates (subject to hydrolysis) is 1. The zero-order chi connectivity index (χ0) is 32.0. The van der Waals surface area contributed by atoms with Gasteiger partial charge < -0.3 is 19.7 Å². The van der Waals surface area contributed by atoms with E-state index in [-0.39, 0.29) is 22.8 Å². The van der Waals surface area contributed by atoms with Gasteiger partial charge in [-0.1, -0.05) is 37.6 Å². The van der Waals surface area contributed by atoms with Crippen LogP contribution >= 0.6 is 11.6 Å². The third kappa shape index (κ3) is 6.28. The van der Waals surface area contributed by atoms with Crippen LogP contribution in [0.2, 0.25) is 5.02 Å². The van der Waals surface area contributed by atoms with E-state index in [9.17, 15) is 18.0 Å². The number of hydrogen-bond donors (Lipinski definition) is 2. The molecule has 0 radical (unpaired) electrons. The van der Waals surface area contributed by atoms with E-state index in [4.69, 9.17) is 21.1 Å². The summed E-state index contributed by atoms with van der Waals surface area (Å²) >= 11 is 6.34. The van der Waals surface area contributed by atoms with E-state index in [2.05, 4.69) is 21.9 Å². The summed E-state index contributed by atoms with van der Waals surface area (Å²) in [6.07, 6.45) is 8.45. The maximum atomic E-state index is 13.4. The Balaban J connectivity index is 1.44. The van der Waals surface area contributed by atoms with Crippen LogP contribution in [-0.4, -0.2) is 50.9 Å². The Kier molecular flexibility index (Phi) is 8.58. The second-order valence-corrected chi connectivity index (χ2v) is 16.0. The third-order valence-corrected chi connectivity index (χ3v) is 12.6. The van der Waals surface area contributed by atoms with Gasteiger partial charge in [0.2, 0.25) is 10.0 Å². The molecule has 2 amide bonds. The Morgan fingerprint density at radius 3 is 2.62 bits per heavy atom. The predicted octanol–water partition coefficient (Wildman–Crippen LogP) is 6.00. The number of anilines is 1. The molecule has 242 valence electrons. The molecule has 2 aromatic rings. The van der Waals surface area contributed by atoms with E-state index >= 15 is 0 Å². The molecule has 9 nitrogen and oxygen atoms in total. The van der Waals surface area contributed by atoms with Gasteiger partial charge in [0.05, 0.1) is 17.5 Å². The quantitative estimate of drug-likeness (QED) is 0.335. The number of rotatable bonds is 0. The van der Waals surface area contributed by atoms with E-state index in [0.717, 1.165) is 48.9 Å². The largest absolute Gasteiger partial charge is 0.487 e. The zero-order valence-corrected chi connectivity index (χ0v) is 27.7. The van der Waals surface area contributed by atoms with Crippen LogP contribution in [0.15, 0.2) is 48.6 Å². The van der Waals surface area contributed by atoms with Gasteiger partial charge in [0.25, 0.3) is 5.91 Å². The molecule has 5 atom stereocenters. The lowest BCUT2D eigenvalue weighted by atomic mass is 9.54. The van der Waals surface area contributed by atoms with E-state index < -0.39 is 32.9 Å². The first-order chi connectivity index (χ1) is 21.4. The number of carbonyl (C=O) groups is 2. The molecule has 2 bridgehead atoms. The lowest BCUT2D eigenvalue weighted by Crippen LogP contribution is -2.58. The van der Waals surface area contributed by atoms with E-state index in [1.165, 1.54) is 0 Å². The minimum absolute atomic E-state index is 0.0463. The molecule has 2 aromatic carbocycles. The number of benzene rings is 2. The van der Waals surface area contributed by atoms with Gasteiger partial charge in [-0.15, -0.1) is 0 Å². The number of nitrogens with one attached hydrogen (secondary N) is 2. The summed E-state index contributed by atoms with van der Waals surface area (Å²) in [5.74, 6) is -0.291. The lowest BCUT2D eigenvalue weighted by Gasteiger charge is -2.55. The average Bonchev–Trinajstić information content (AvgIpc) is 3.34. The summed E-state index contributed by atoms with van der Waals surface area (Å²) in [7, 11) is -3.98. The number of amides is 2. The topological polar surface area (TPSA) is 114 Å². The van der Waals surface area contributed by atoms with Crippen molar-refractivity contribution in [3.05, 3.63) is 70.3 Å². The minimum Gasteiger partial charge on any atom is -0.487 e. The molecular formula is C34H42ClN3O6S. The minimum atomic E-state index is -3.98. The van der Waals surface area contributed by atoms with Crippen LogP contribution in [-0.2, 0) is 27.8 Å². The Morgan fingerprint density at radius 1 is 1.07 bits per heavy atom. The highest BCUT2D eigenvalue weighted by Gasteiger charge is 2.58. The molecule has 6 rings (SSSR count). The highest BCUT2D eigenvalue weighted by atomic mass is 35.5. The van der Waals surface area contributed by atoms with Crippen molar-refractivity contribution in [2.45, 2.75) is 76.8 Å². The van der Waals surface area contributed by atoms with Gasteiger partial charge in [-0.05, 0) is 104 Å². The Morgan fingerprint density at radius 2 is 1.89 bits per heavy atom. The van der Waals surface area contributed by atoms with Crippen LogP contribution < -0.4 is 19.7 Å². The number of carbonyl (C=O) groups excluding carboxylic acids is 2. The Labute approximate surface area is 270 Å². The number of aryl methyl sites for hydroxylation is 1. The Hall–Kier alpha value is -3.24. The summed E-state index contributed by atoms with van der Waals surface area (Å²) < 4.78 is 41.5. The lowest BCUT2D eigenvalue weighted by molar-refractivity contribution is -0.0750. The van der Waals surface area contributed by atoms with Gasteiger partial charge in [0, 0.05) is 29.6 Å². The maximum absolute atomic E-state index is 13.4. The number of allylic oxidation sites excluding steroid dienone is 1. The first kappa shape index (κ1) is 31.7. The smallest absolute Gasteiger partial charge is 0.408 e. The molecule has 2 fully saturated rings. The summed E-state index contributed by atoms with van der Waals surface area (Å²) in [6.45, 7) is 7.77. The van der Waals surface area contributed by atoms with Crippen molar-refractivity contribution in [2.24, 2.45) is 17.3 Å². The standard InChI is InChI=1S/C34H42ClN3O6S/c1-22-7-6-14-34(20-36-32(40)44-34)30-13-15-33(30,3)21-38-16-5-4-8-24-17-27(35)11-9-26(24)19-43-29-12-10-25(18-28(29)38)31(39)37-45(41,42)23(22)2/h6,9-12,14,17-18,22-23,30H,4-5,7-8,13,15-16,19-21H2,1-3H3,(H,36,40)(H,37,39)/b14-6+/t22-,23+,30+,33?,34+/m0/s1. The van der Waals surface area contributed by atoms with Gasteiger partial charge in [-0.25, -0.2) is 17.9 Å². The van der Waals surface area contributed by atoms with Crippen LogP contribution in [0.5, 0.6) is 5.75 Å². The van der Waals surface area contributed by atoms with Gasteiger partial charge in [-0.2, -0.15) is 0 Å². The first-order valence-corrected chi connectivity index (χ1v) is 17.8. The fourth-order valence-corrected chi connectivity index (χ4v) is 8.89. The Bertz CT molecular complexity index is 1630. The summed E-state index contributed by atoms with van der Waals surface area (Å²) in [4.78, 5) is 28.2. The predicted molar refractivity (Wildman–Crippen MR) is 174 cm³/mol. The van der Waals surface area contributed by atoms with Crippen LogP contribution in [0, 0.1) is 17.3 Å². The second-order valence-electron chi connectivity index (χ2n) is 13.5. The number of halogens is 1. The molecule has 11 heteroatoms.